The van der Waals surface area contributed by atoms with Crippen LogP contribution in [0.5, 0.6) is 17.2 Å². The van der Waals surface area contributed by atoms with E-state index >= 15 is 0 Å². The smallest absolute Gasteiger partial charge is 0.277 e. The van der Waals surface area contributed by atoms with Crippen LogP contribution in [0, 0.1) is 0 Å². The van der Waals surface area contributed by atoms with E-state index in [1.54, 1.807) is 25.3 Å². The molecule has 0 aromatic heterocycles. The number of hydrogen-bond acceptors (Lipinski definition) is 5. The molecule has 0 atom stereocenters. The van der Waals surface area contributed by atoms with Gasteiger partial charge in [-0.15, -0.1) is 0 Å². The predicted molar refractivity (Wildman–Crippen MR) is 103 cm³/mol. The first-order chi connectivity index (χ1) is 12.0. The highest BCUT2D eigenvalue weighted by Gasteiger charge is 2.08. The monoisotopic (exact) mass is 470 g/mol. The minimum Gasteiger partial charge on any atom is -0.495 e. The molecule has 2 aromatic carbocycles. The van der Waals surface area contributed by atoms with Gasteiger partial charge in [0.05, 0.1) is 24.9 Å². The lowest BCUT2D eigenvalue weighted by atomic mass is 10.2. The maximum absolute atomic E-state index is 11.9. The summed E-state index contributed by atoms with van der Waals surface area (Å²) in [6.45, 7) is -0.184. The van der Waals surface area contributed by atoms with E-state index in [-0.39, 0.29) is 6.61 Å². The molecule has 0 unspecified atom stereocenters. The second-order valence-corrected chi connectivity index (χ2v) is 6.51. The Morgan fingerprint density at radius 1 is 1.16 bits per heavy atom. The summed E-state index contributed by atoms with van der Waals surface area (Å²) in [5.74, 6) is 1.27. The Balaban J connectivity index is 1.95. The average Bonchev–Trinajstić information content (AvgIpc) is 2.60. The Hall–Kier alpha value is -2.06. The van der Waals surface area contributed by atoms with Crippen LogP contribution in [0.1, 0.15) is 5.56 Å². The van der Waals surface area contributed by atoms with Crippen molar-refractivity contribution in [3.05, 3.63) is 50.9 Å². The fraction of sp³-hybridized carbons (Fsp3) is 0.176. The molecule has 0 heterocycles. The van der Waals surface area contributed by atoms with Crippen LogP contribution >= 0.6 is 31.9 Å². The van der Waals surface area contributed by atoms with Crippen molar-refractivity contribution in [2.24, 2.45) is 5.10 Å². The van der Waals surface area contributed by atoms with E-state index in [1.165, 1.54) is 13.3 Å². The number of rotatable bonds is 7. The maximum Gasteiger partial charge on any atom is 0.277 e. The number of methoxy groups -OCH3 is 2. The van der Waals surface area contributed by atoms with Gasteiger partial charge in [-0.05, 0) is 40.2 Å². The van der Waals surface area contributed by atoms with E-state index < -0.39 is 5.91 Å². The zero-order chi connectivity index (χ0) is 18.2. The molecule has 0 saturated heterocycles. The van der Waals surface area contributed by atoms with E-state index in [0.29, 0.717) is 22.8 Å². The van der Waals surface area contributed by atoms with Gasteiger partial charge in [-0.3, -0.25) is 4.79 Å². The molecule has 6 nitrogen and oxygen atoms in total. The SMILES string of the molecule is COc1ccccc1OCC(=O)N/N=C\c1cc(Br)cc(Br)c1OC. The van der Waals surface area contributed by atoms with Crippen molar-refractivity contribution in [1.29, 1.82) is 0 Å². The van der Waals surface area contributed by atoms with Crippen LogP contribution in [0.15, 0.2) is 50.4 Å². The normalized spacial score (nSPS) is 10.6. The molecule has 0 radical (unpaired) electrons. The number of nitrogens with zero attached hydrogens (tertiary/aromatic N) is 1. The van der Waals surface area contributed by atoms with Crippen LogP contribution < -0.4 is 19.6 Å². The zero-order valence-corrected chi connectivity index (χ0v) is 16.8. The fourth-order valence-corrected chi connectivity index (χ4v) is 3.40. The number of hydrazone groups is 1. The molecule has 0 bridgehead atoms. The molecule has 0 aliphatic heterocycles. The molecule has 2 aromatic rings. The van der Waals surface area contributed by atoms with Crippen LogP contribution in [0.4, 0.5) is 0 Å². The van der Waals surface area contributed by atoms with Gasteiger partial charge in [-0.1, -0.05) is 28.1 Å². The van der Waals surface area contributed by atoms with Gasteiger partial charge in [-0.25, -0.2) is 5.43 Å². The van der Waals surface area contributed by atoms with E-state index in [0.717, 1.165) is 8.95 Å². The quantitative estimate of drug-likeness (QED) is 0.493. The number of halogens is 2. The Labute approximate surface area is 162 Å². The van der Waals surface area contributed by atoms with Gasteiger partial charge in [0, 0.05) is 10.0 Å². The number of carbonyl (C=O) groups is 1. The average molecular weight is 472 g/mol. The second-order valence-electron chi connectivity index (χ2n) is 4.74. The number of carbonyl (C=O) groups excluding carboxylic acids is 1. The van der Waals surface area contributed by atoms with Crippen molar-refractivity contribution in [1.82, 2.24) is 5.43 Å². The third-order valence-electron chi connectivity index (χ3n) is 3.06. The largest absolute Gasteiger partial charge is 0.495 e. The first-order valence-electron chi connectivity index (χ1n) is 7.16. The van der Waals surface area contributed by atoms with Crippen LogP contribution in [-0.2, 0) is 4.79 Å². The predicted octanol–water partition coefficient (Wildman–Crippen LogP) is 3.76. The van der Waals surface area contributed by atoms with Gasteiger partial charge < -0.3 is 14.2 Å². The van der Waals surface area contributed by atoms with Crippen molar-refractivity contribution in [3.8, 4) is 17.2 Å². The lowest BCUT2D eigenvalue weighted by Crippen LogP contribution is -2.24. The summed E-state index contributed by atoms with van der Waals surface area (Å²) in [7, 11) is 3.10. The van der Waals surface area contributed by atoms with Crippen LogP contribution in [0.3, 0.4) is 0 Å². The number of para-hydroxylation sites is 2. The minimum atomic E-state index is -0.393. The highest BCUT2D eigenvalue weighted by Crippen LogP contribution is 2.31. The van der Waals surface area contributed by atoms with Crippen LogP contribution in [0.25, 0.3) is 0 Å². The molecule has 25 heavy (non-hydrogen) atoms. The van der Waals surface area contributed by atoms with Crippen molar-refractivity contribution in [2.75, 3.05) is 20.8 Å². The third kappa shape index (κ3) is 5.47. The zero-order valence-electron chi connectivity index (χ0n) is 13.6. The van der Waals surface area contributed by atoms with Crippen LogP contribution in [0.2, 0.25) is 0 Å². The Morgan fingerprint density at radius 2 is 1.88 bits per heavy atom. The summed E-state index contributed by atoms with van der Waals surface area (Å²) in [6.07, 6.45) is 1.50. The molecule has 0 fully saturated rings. The molecule has 8 heteroatoms. The summed E-state index contributed by atoms with van der Waals surface area (Å²) in [4.78, 5) is 11.9. The van der Waals surface area contributed by atoms with E-state index in [1.807, 2.05) is 18.2 Å². The Kier molecular flexibility index (Phi) is 7.27. The van der Waals surface area contributed by atoms with Gasteiger partial charge in [0.15, 0.2) is 18.1 Å². The summed E-state index contributed by atoms with van der Waals surface area (Å²) in [6, 6.07) is 10.8. The number of benzene rings is 2. The lowest BCUT2D eigenvalue weighted by Gasteiger charge is -2.09. The molecule has 1 amide bonds. The van der Waals surface area contributed by atoms with Gasteiger partial charge >= 0.3 is 0 Å². The van der Waals surface area contributed by atoms with Gasteiger partial charge in [0.1, 0.15) is 5.75 Å². The highest BCUT2D eigenvalue weighted by molar-refractivity contribution is 9.11. The van der Waals surface area contributed by atoms with Crippen molar-refractivity contribution < 1.29 is 19.0 Å². The molecule has 0 aliphatic carbocycles. The second kappa shape index (κ2) is 9.43. The summed E-state index contributed by atoms with van der Waals surface area (Å²) in [5.41, 5.74) is 3.11. The van der Waals surface area contributed by atoms with Crippen molar-refractivity contribution in [2.45, 2.75) is 0 Å². The van der Waals surface area contributed by atoms with Crippen molar-refractivity contribution >= 4 is 44.0 Å². The fourth-order valence-electron chi connectivity index (χ4n) is 1.98. The molecule has 0 saturated carbocycles. The topological polar surface area (TPSA) is 69.2 Å². The van der Waals surface area contributed by atoms with E-state index in [9.17, 15) is 4.79 Å². The number of nitrogens with one attached hydrogen (secondary N) is 1. The van der Waals surface area contributed by atoms with E-state index in [2.05, 4.69) is 42.4 Å². The molecular weight excluding hydrogens is 456 g/mol. The molecule has 2 rings (SSSR count). The maximum atomic E-state index is 11.9. The van der Waals surface area contributed by atoms with Gasteiger partial charge in [0.2, 0.25) is 0 Å². The lowest BCUT2D eigenvalue weighted by molar-refractivity contribution is -0.123. The molecule has 132 valence electrons. The number of ether oxygens (including phenoxy) is 3. The first-order valence-corrected chi connectivity index (χ1v) is 8.74. The summed E-state index contributed by atoms with van der Waals surface area (Å²) < 4.78 is 17.5. The van der Waals surface area contributed by atoms with Gasteiger partial charge in [-0.2, -0.15) is 5.10 Å². The third-order valence-corrected chi connectivity index (χ3v) is 4.11. The highest BCUT2D eigenvalue weighted by atomic mass is 79.9. The Bertz CT molecular complexity index is 781. The standard InChI is InChI=1S/C17H16Br2N2O4/c1-23-14-5-3-4-6-15(14)25-10-16(22)21-20-9-11-7-12(18)8-13(19)17(11)24-2/h3-9H,10H2,1-2H3,(H,21,22)/b20-9-. The molecule has 1 N–H and O–H groups in total. The van der Waals surface area contributed by atoms with Crippen molar-refractivity contribution in [3.63, 3.8) is 0 Å². The van der Waals surface area contributed by atoms with Gasteiger partial charge in [0.25, 0.3) is 5.91 Å². The number of hydrogen-bond donors (Lipinski definition) is 1. The summed E-state index contributed by atoms with van der Waals surface area (Å²) >= 11 is 6.80. The van der Waals surface area contributed by atoms with Crippen LogP contribution in [-0.4, -0.2) is 32.9 Å². The number of amides is 1. The Morgan fingerprint density at radius 3 is 2.56 bits per heavy atom. The molecule has 0 aliphatic rings. The minimum absolute atomic E-state index is 0.184. The summed E-state index contributed by atoms with van der Waals surface area (Å²) in [5, 5.41) is 3.93. The first kappa shape index (κ1) is 19.3. The van der Waals surface area contributed by atoms with E-state index in [4.69, 9.17) is 14.2 Å². The molecular formula is C17H16Br2N2O4. The molecule has 0 spiro atoms.